The monoisotopic (exact) mass is 265 g/mol. The molecule has 0 spiro atoms. The number of fused-ring (bicyclic) bond motifs is 1. The van der Waals surface area contributed by atoms with Crippen LogP contribution in [0.4, 0.5) is 5.95 Å². The van der Waals surface area contributed by atoms with Gasteiger partial charge in [0.05, 0.1) is 0 Å². The first-order valence-electron chi connectivity index (χ1n) is 6.04. The van der Waals surface area contributed by atoms with Crippen molar-refractivity contribution in [1.29, 1.82) is 0 Å². The van der Waals surface area contributed by atoms with Gasteiger partial charge in [0, 0.05) is 6.42 Å². The number of anilines is 1. The maximum absolute atomic E-state index is 11.7. The van der Waals surface area contributed by atoms with E-state index < -0.39 is 0 Å². The summed E-state index contributed by atoms with van der Waals surface area (Å²) >= 11 is 2.00. The highest BCUT2D eigenvalue weighted by Gasteiger charge is 2.17. The molecule has 1 fully saturated rings. The highest BCUT2D eigenvalue weighted by molar-refractivity contribution is 7.99. The van der Waals surface area contributed by atoms with Gasteiger partial charge in [0.1, 0.15) is 5.82 Å². The number of nitrogens with two attached hydrogens (primary N) is 1. The van der Waals surface area contributed by atoms with E-state index in [9.17, 15) is 4.79 Å². The molecule has 2 aromatic heterocycles. The molecule has 0 radical (unpaired) electrons. The first-order chi connectivity index (χ1) is 8.72. The molecule has 96 valence electrons. The first-order valence-corrected chi connectivity index (χ1v) is 7.20. The van der Waals surface area contributed by atoms with Crippen LogP contribution >= 0.6 is 11.8 Å². The van der Waals surface area contributed by atoms with Crippen molar-refractivity contribution in [1.82, 2.24) is 19.9 Å². The van der Waals surface area contributed by atoms with Gasteiger partial charge in [-0.25, -0.2) is 4.98 Å². The lowest BCUT2D eigenvalue weighted by Gasteiger charge is -2.19. The Morgan fingerprint density at radius 2 is 2.06 bits per heavy atom. The SMILES string of the molecule is Nc1nc2nc(CC3CCSCC3)[nH]c2c(=O)[nH]1. The minimum atomic E-state index is -0.254. The number of nitrogen functional groups attached to an aromatic ring is 1. The van der Waals surface area contributed by atoms with Crippen LogP contribution in [0.15, 0.2) is 4.79 Å². The number of rotatable bonds is 2. The average molecular weight is 265 g/mol. The van der Waals surface area contributed by atoms with Gasteiger partial charge < -0.3 is 10.7 Å². The van der Waals surface area contributed by atoms with Gasteiger partial charge in [-0.3, -0.25) is 9.78 Å². The van der Waals surface area contributed by atoms with Crippen LogP contribution in [0.1, 0.15) is 18.7 Å². The van der Waals surface area contributed by atoms with Crippen molar-refractivity contribution in [2.45, 2.75) is 19.3 Å². The lowest BCUT2D eigenvalue weighted by atomic mass is 9.99. The fraction of sp³-hybridized carbons (Fsp3) is 0.545. The molecule has 1 saturated heterocycles. The Morgan fingerprint density at radius 3 is 2.83 bits per heavy atom. The topological polar surface area (TPSA) is 100 Å². The summed E-state index contributed by atoms with van der Waals surface area (Å²) in [5, 5.41) is 0. The van der Waals surface area contributed by atoms with Crippen LogP contribution in [0.2, 0.25) is 0 Å². The summed E-state index contributed by atoms with van der Waals surface area (Å²) in [6.45, 7) is 0. The number of hydrogen-bond donors (Lipinski definition) is 3. The van der Waals surface area contributed by atoms with Crippen molar-refractivity contribution in [2.24, 2.45) is 5.92 Å². The first kappa shape index (κ1) is 11.6. The Hall–Kier alpha value is -1.50. The number of nitrogens with one attached hydrogen (secondary N) is 2. The molecule has 4 N–H and O–H groups in total. The zero-order valence-corrected chi connectivity index (χ0v) is 10.7. The number of hydrogen-bond acceptors (Lipinski definition) is 5. The second-order valence-corrected chi connectivity index (χ2v) is 5.82. The van der Waals surface area contributed by atoms with Crippen molar-refractivity contribution in [3.05, 3.63) is 16.2 Å². The fourth-order valence-corrected chi connectivity index (χ4v) is 3.50. The Balaban J connectivity index is 1.88. The lowest BCUT2D eigenvalue weighted by molar-refractivity contribution is 0.478. The van der Waals surface area contributed by atoms with Crippen LogP contribution in [-0.2, 0) is 6.42 Å². The van der Waals surface area contributed by atoms with Crippen LogP contribution in [0.25, 0.3) is 11.2 Å². The Morgan fingerprint density at radius 1 is 1.28 bits per heavy atom. The second-order valence-electron chi connectivity index (χ2n) is 4.59. The molecule has 3 rings (SSSR count). The molecule has 0 aromatic carbocycles. The summed E-state index contributed by atoms with van der Waals surface area (Å²) in [5.41, 5.74) is 6.07. The van der Waals surface area contributed by atoms with Crippen molar-refractivity contribution in [3.8, 4) is 0 Å². The number of H-pyrrole nitrogens is 2. The smallest absolute Gasteiger partial charge is 0.278 e. The minimum Gasteiger partial charge on any atom is -0.369 e. The predicted molar refractivity (Wildman–Crippen MR) is 72.7 cm³/mol. The van der Waals surface area contributed by atoms with Crippen molar-refractivity contribution >= 4 is 28.9 Å². The van der Waals surface area contributed by atoms with E-state index in [0.717, 1.165) is 12.2 Å². The molecule has 0 unspecified atom stereocenters. The highest BCUT2D eigenvalue weighted by Crippen LogP contribution is 2.25. The summed E-state index contributed by atoms with van der Waals surface area (Å²) in [6.07, 6.45) is 3.32. The third-order valence-corrected chi connectivity index (χ3v) is 4.30. The molecule has 2 aromatic rings. The summed E-state index contributed by atoms with van der Waals surface area (Å²) < 4.78 is 0. The molecule has 0 saturated carbocycles. The van der Waals surface area contributed by atoms with E-state index >= 15 is 0 Å². The zero-order valence-electron chi connectivity index (χ0n) is 9.90. The van der Waals surface area contributed by atoms with E-state index in [2.05, 4.69) is 19.9 Å². The van der Waals surface area contributed by atoms with Gasteiger partial charge in [0.25, 0.3) is 5.56 Å². The summed E-state index contributed by atoms with van der Waals surface area (Å²) in [7, 11) is 0. The summed E-state index contributed by atoms with van der Waals surface area (Å²) in [5.74, 6) is 4.04. The van der Waals surface area contributed by atoms with E-state index in [1.54, 1.807) is 0 Å². The molecule has 7 heteroatoms. The van der Waals surface area contributed by atoms with E-state index in [4.69, 9.17) is 5.73 Å². The maximum atomic E-state index is 11.7. The quantitative estimate of drug-likeness (QED) is 0.749. The third-order valence-electron chi connectivity index (χ3n) is 3.25. The molecule has 1 aliphatic rings. The normalized spacial score (nSPS) is 17.3. The molecule has 3 heterocycles. The predicted octanol–water partition coefficient (Wildman–Crippen LogP) is 0.914. The van der Waals surface area contributed by atoms with Crippen LogP contribution < -0.4 is 11.3 Å². The fourth-order valence-electron chi connectivity index (χ4n) is 2.29. The van der Waals surface area contributed by atoms with Gasteiger partial charge in [-0.2, -0.15) is 16.7 Å². The molecule has 0 aliphatic carbocycles. The standard InChI is InChI=1S/C11H15N5OS/c12-11-15-9-8(10(17)16-11)13-7(14-9)5-6-1-3-18-4-2-6/h6H,1-5H2,(H4,12,13,14,15,16,17). The van der Waals surface area contributed by atoms with E-state index in [0.29, 0.717) is 17.1 Å². The van der Waals surface area contributed by atoms with Gasteiger partial charge in [-0.15, -0.1) is 0 Å². The molecule has 6 nitrogen and oxygen atoms in total. The second kappa shape index (κ2) is 4.64. The largest absolute Gasteiger partial charge is 0.369 e. The Bertz CT molecular complexity index is 613. The third kappa shape index (κ3) is 2.22. The van der Waals surface area contributed by atoms with E-state index in [1.165, 1.54) is 24.3 Å². The number of aromatic amines is 2. The van der Waals surface area contributed by atoms with Gasteiger partial charge in [-0.1, -0.05) is 0 Å². The number of thioether (sulfide) groups is 1. The molecular weight excluding hydrogens is 250 g/mol. The van der Waals surface area contributed by atoms with Crippen LogP contribution in [0.5, 0.6) is 0 Å². The Kier molecular flexibility index (Phi) is 2.99. The lowest BCUT2D eigenvalue weighted by Crippen LogP contribution is -2.13. The molecule has 0 amide bonds. The van der Waals surface area contributed by atoms with Gasteiger partial charge in [0.2, 0.25) is 5.95 Å². The minimum absolute atomic E-state index is 0.111. The van der Waals surface area contributed by atoms with Crippen molar-refractivity contribution in [2.75, 3.05) is 17.2 Å². The van der Waals surface area contributed by atoms with Gasteiger partial charge in [-0.05, 0) is 30.3 Å². The van der Waals surface area contributed by atoms with Crippen molar-refractivity contribution < 1.29 is 0 Å². The van der Waals surface area contributed by atoms with Crippen molar-refractivity contribution in [3.63, 3.8) is 0 Å². The van der Waals surface area contributed by atoms with Crippen LogP contribution in [0, 0.1) is 5.92 Å². The van der Waals surface area contributed by atoms with Crippen LogP contribution in [-0.4, -0.2) is 31.4 Å². The molecule has 0 atom stereocenters. The summed E-state index contributed by atoms with van der Waals surface area (Å²) in [4.78, 5) is 25.6. The number of aromatic nitrogens is 4. The van der Waals surface area contributed by atoms with Crippen LogP contribution in [0.3, 0.4) is 0 Å². The highest BCUT2D eigenvalue weighted by atomic mass is 32.2. The van der Waals surface area contributed by atoms with E-state index in [-0.39, 0.29) is 11.5 Å². The molecule has 1 aliphatic heterocycles. The maximum Gasteiger partial charge on any atom is 0.278 e. The zero-order chi connectivity index (χ0) is 12.5. The summed E-state index contributed by atoms with van der Waals surface area (Å²) in [6, 6.07) is 0. The number of nitrogens with zero attached hydrogens (tertiary/aromatic N) is 2. The molecule has 18 heavy (non-hydrogen) atoms. The molecular formula is C11H15N5OS. The number of imidazole rings is 1. The molecule has 0 bridgehead atoms. The van der Waals surface area contributed by atoms with E-state index in [1.807, 2.05) is 11.8 Å². The average Bonchev–Trinajstić information content (AvgIpc) is 2.73. The van der Waals surface area contributed by atoms with Gasteiger partial charge >= 0.3 is 0 Å². The van der Waals surface area contributed by atoms with Gasteiger partial charge in [0.15, 0.2) is 11.2 Å². The Labute approximate surface area is 108 Å².